The van der Waals surface area contributed by atoms with Crippen molar-refractivity contribution in [2.45, 2.75) is 261 Å². The number of ether oxygens (including phenoxy) is 2. The summed E-state index contributed by atoms with van der Waals surface area (Å²) in [6, 6.07) is -15.4. The molecule has 7 N–H and O–H groups in total. The summed E-state index contributed by atoms with van der Waals surface area (Å²) in [6.45, 7) is 32.5. The molecule has 1 aliphatic rings. The van der Waals surface area contributed by atoms with Crippen LogP contribution in [0.1, 0.15) is 176 Å². The number of aliphatic hydroxyl groups is 1. The molecular formula is C70H126N12O15. The molecule has 0 spiro atoms. The lowest BCUT2D eigenvalue weighted by Crippen LogP contribution is -2.64. The van der Waals surface area contributed by atoms with E-state index in [0.717, 1.165) is 14.7 Å². The molecule has 1 saturated heterocycles. The maximum atomic E-state index is 15.3. The number of allylic oxidation sites excluding steroid dienone is 2. The average Bonchev–Trinajstić information content (AvgIpc) is 0.808. The number of carbonyl (C=O) groups excluding carboxylic acids is 12. The minimum Gasteiger partial charge on any atom is -0.465 e. The number of hydrogen-bond donors (Lipinski definition) is 6. The number of unbranched alkanes of at least 4 members (excludes halogenated alkanes) is 1. The fourth-order valence-corrected chi connectivity index (χ4v) is 11.8. The van der Waals surface area contributed by atoms with Gasteiger partial charge in [0.2, 0.25) is 65.0 Å². The lowest BCUT2D eigenvalue weighted by molar-refractivity contribution is -0.157. The van der Waals surface area contributed by atoms with Gasteiger partial charge in [0.05, 0.1) is 18.8 Å². The smallest absolute Gasteiger partial charge is 0.323 e. The number of nitrogens with zero attached hydrogens (tertiary/aromatic N) is 7. The standard InChI is InChI=1S/C70H126N12O15/c1-27-29-32-44(15)58(83)57-62(87)74-49(28-2)65(90)76(20)47(18)64(89)81(25)56(48(19)96-33-30-31-34-97-70(95)53(71)41(9)10)61(86)75-54(42(11)12)68(93)77(21)50(35-38(3)4)60(85)72-45(16)59(84)73-46(17)63(88)78(22)51(36-39(5)6)66(91)79(23)52(37-40(7)8)67(92)80(24)55(43(13)14)69(94)82(57)26/h27,29,38-58,83H,28,30-37,71H2,1-26H3,(H,72,85)(H,73,84)(H,74,87)(H,75,86)/b29-27+/t44-,45+,46+,47-,48-,49+,50-,51+,52-,53+,54+,55+,56+,57+,58-/m1/s1. The van der Waals surface area contributed by atoms with Gasteiger partial charge < -0.3 is 75.9 Å². The summed E-state index contributed by atoms with van der Waals surface area (Å²) in [6.07, 6.45) is 2.22. The molecule has 0 aromatic rings. The van der Waals surface area contributed by atoms with Crippen LogP contribution in [0.3, 0.4) is 0 Å². The van der Waals surface area contributed by atoms with Crippen LogP contribution in [0.5, 0.6) is 0 Å². The fraction of sp³-hybridized carbons (Fsp3) is 0.800. The number of carbonyl (C=O) groups is 12. The molecule has 97 heavy (non-hydrogen) atoms. The fourth-order valence-electron chi connectivity index (χ4n) is 11.8. The van der Waals surface area contributed by atoms with Crippen molar-refractivity contribution >= 4 is 70.9 Å². The molecule has 1 aliphatic heterocycles. The average molecular weight is 1380 g/mol. The molecule has 0 unspecified atom stereocenters. The second-order valence-electron chi connectivity index (χ2n) is 29.0. The van der Waals surface area contributed by atoms with Crippen molar-refractivity contribution in [1.29, 1.82) is 0 Å². The Hall–Kier alpha value is -6.74. The summed E-state index contributed by atoms with van der Waals surface area (Å²) in [4.78, 5) is 184. The van der Waals surface area contributed by atoms with Crippen LogP contribution >= 0.6 is 0 Å². The van der Waals surface area contributed by atoms with E-state index in [1.54, 1.807) is 81.4 Å². The van der Waals surface area contributed by atoms with E-state index in [1.165, 1.54) is 89.7 Å². The quantitative estimate of drug-likeness (QED) is 0.0514. The monoisotopic (exact) mass is 1370 g/mol. The third-order valence-corrected chi connectivity index (χ3v) is 18.4. The van der Waals surface area contributed by atoms with Gasteiger partial charge in [-0.1, -0.05) is 109 Å². The van der Waals surface area contributed by atoms with Crippen molar-refractivity contribution in [3.05, 3.63) is 12.2 Å². The van der Waals surface area contributed by atoms with Crippen molar-refractivity contribution in [3.8, 4) is 0 Å². The Morgan fingerprint density at radius 3 is 1.44 bits per heavy atom. The van der Waals surface area contributed by atoms with Crippen molar-refractivity contribution < 1.29 is 72.1 Å². The predicted molar refractivity (Wildman–Crippen MR) is 372 cm³/mol. The predicted octanol–water partition coefficient (Wildman–Crippen LogP) is 3.32. The van der Waals surface area contributed by atoms with Crippen molar-refractivity contribution in [2.24, 2.45) is 47.2 Å². The van der Waals surface area contributed by atoms with E-state index in [4.69, 9.17) is 15.2 Å². The Kier molecular flexibility index (Phi) is 37.3. The maximum Gasteiger partial charge on any atom is 0.323 e. The third kappa shape index (κ3) is 25.2. The highest BCUT2D eigenvalue weighted by Gasteiger charge is 2.46. The summed E-state index contributed by atoms with van der Waals surface area (Å²) in [5, 5.41) is 23.2. The molecule has 0 saturated carbocycles. The Labute approximate surface area is 579 Å². The number of aliphatic hydroxyl groups excluding tert-OH is 1. The maximum absolute atomic E-state index is 15.3. The molecule has 1 rings (SSSR count). The minimum atomic E-state index is -1.66. The second kappa shape index (κ2) is 41.0. The number of likely N-dealkylation sites (N-methyl/N-ethyl adjacent to an activating group) is 7. The number of rotatable bonds is 22. The Morgan fingerprint density at radius 2 is 0.959 bits per heavy atom. The van der Waals surface area contributed by atoms with E-state index in [2.05, 4.69) is 21.3 Å². The van der Waals surface area contributed by atoms with Gasteiger partial charge in [-0.05, 0) is 121 Å². The van der Waals surface area contributed by atoms with Gasteiger partial charge in [0.15, 0.2) is 0 Å². The van der Waals surface area contributed by atoms with E-state index < -0.39 is 173 Å². The normalized spacial score (nSPS) is 26.4. The van der Waals surface area contributed by atoms with E-state index in [-0.39, 0.29) is 69.0 Å². The highest BCUT2D eigenvalue weighted by Crippen LogP contribution is 2.26. The molecule has 0 aromatic heterocycles. The molecule has 11 amide bonds. The van der Waals surface area contributed by atoms with Crippen LogP contribution in [-0.4, -0.2) is 258 Å². The van der Waals surface area contributed by atoms with E-state index in [0.29, 0.717) is 12.8 Å². The number of amides is 11. The first-order valence-corrected chi connectivity index (χ1v) is 34.8. The van der Waals surface area contributed by atoms with E-state index >= 15 is 24.0 Å². The Bertz CT molecular complexity index is 2670. The van der Waals surface area contributed by atoms with Crippen LogP contribution < -0.4 is 27.0 Å². The molecule has 0 bridgehead atoms. The van der Waals surface area contributed by atoms with E-state index in [9.17, 15) is 38.7 Å². The zero-order valence-corrected chi connectivity index (χ0v) is 63.5. The summed E-state index contributed by atoms with van der Waals surface area (Å²) in [5.41, 5.74) is 5.96. The molecule has 27 nitrogen and oxygen atoms in total. The van der Waals surface area contributed by atoms with E-state index in [1.807, 2.05) is 41.5 Å². The van der Waals surface area contributed by atoms with Crippen molar-refractivity contribution in [2.75, 3.05) is 62.5 Å². The van der Waals surface area contributed by atoms with Crippen LogP contribution in [0.25, 0.3) is 0 Å². The Morgan fingerprint density at radius 1 is 0.505 bits per heavy atom. The Balaban J connectivity index is 4.41. The van der Waals surface area contributed by atoms with Crippen molar-refractivity contribution in [3.63, 3.8) is 0 Å². The van der Waals surface area contributed by atoms with Gasteiger partial charge in [-0.3, -0.25) is 57.5 Å². The summed E-state index contributed by atoms with van der Waals surface area (Å²) in [7, 11) is 9.73. The van der Waals surface area contributed by atoms with Gasteiger partial charge in [-0.15, -0.1) is 0 Å². The molecule has 556 valence electrons. The van der Waals surface area contributed by atoms with Crippen LogP contribution in [0.2, 0.25) is 0 Å². The van der Waals surface area contributed by atoms with Gasteiger partial charge in [0.1, 0.15) is 72.5 Å². The number of esters is 1. The third-order valence-electron chi connectivity index (χ3n) is 18.4. The minimum absolute atomic E-state index is 0.0181. The zero-order valence-electron chi connectivity index (χ0n) is 63.5. The SMILES string of the molecule is C/C=C/C[C@@H](C)[C@@H](O)[C@H]1C(=O)N[C@@H](CC)C(=O)N(C)[C@H](C)C(=O)N(C)[C@@H]([C@@H](C)OCCCCOC(=O)[C@@H](N)C(C)C)C(=O)N[C@@H](C(C)C)C(=O)N(C)[C@H](CC(C)C)C(=O)N[C@@H](C)C(=O)N[C@@H](C)C(=O)N(C)[C@@H](CC(C)C)C(=O)N(C)[C@H](CC(C)C)C(=O)N(C)[C@@H](C(C)C)C(=O)N1C. The van der Waals surface area contributed by atoms with Gasteiger partial charge in [-0.2, -0.15) is 0 Å². The highest BCUT2D eigenvalue weighted by molar-refractivity contribution is 6.00. The number of nitrogens with two attached hydrogens (primary N) is 1. The van der Waals surface area contributed by atoms with Gasteiger partial charge in [-0.25, -0.2) is 0 Å². The molecular weight excluding hydrogens is 1250 g/mol. The molecule has 15 atom stereocenters. The summed E-state index contributed by atoms with van der Waals surface area (Å²) < 4.78 is 11.6. The molecule has 0 aliphatic carbocycles. The summed E-state index contributed by atoms with van der Waals surface area (Å²) >= 11 is 0. The first kappa shape index (κ1) is 88.3. The lowest BCUT2D eigenvalue weighted by Gasteiger charge is -2.41. The summed E-state index contributed by atoms with van der Waals surface area (Å²) in [5.74, 6) is -11.2. The highest BCUT2D eigenvalue weighted by atomic mass is 16.5. The first-order valence-electron chi connectivity index (χ1n) is 34.8. The second-order valence-corrected chi connectivity index (χ2v) is 29.0. The number of hydrogen-bond acceptors (Lipinski definition) is 16. The van der Waals surface area contributed by atoms with Gasteiger partial charge in [0, 0.05) is 55.9 Å². The van der Waals surface area contributed by atoms with Crippen LogP contribution in [0.15, 0.2) is 12.2 Å². The zero-order chi connectivity index (χ0) is 75.1. The van der Waals surface area contributed by atoms with Crippen LogP contribution in [0, 0.1) is 41.4 Å². The largest absolute Gasteiger partial charge is 0.465 e. The lowest BCUT2D eigenvalue weighted by atomic mass is 9.91. The van der Waals surface area contributed by atoms with Gasteiger partial charge >= 0.3 is 5.97 Å². The molecule has 27 heteroatoms. The molecule has 1 fully saturated rings. The van der Waals surface area contributed by atoms with Gasteiger partial charge in [0.25, 0.3) is 0 Å². The first-order chi connectivity index (χ1) is 44.9. The van der Waals surface area contributed by atoms with Crippen LogP contribution in [-0.2, 0) is 67.0 Å². The molecule has 1 heterocycles. The molecule has 0 aromatic carbocycles. The molecule has 0 radical (unpaired) electrons. The van der Waals surface area contributed by atoms with Crippen molar-refractivity contribution in [1.82, 2.24) is 55.6 Å². The topological polar surface area (TPSA) is 340 Å². The van der Waals surface area contributed by atoms with Crippen LogP contribution in [0.4, 0.5) is 0 Å². The number of nitrogens with one attached hydrogen (secondary N) is 4.